The van der Waals surface area contributed by atoms with Gasteiger partial charge in [0.2, 0.25) is 0 Å². The molecule has 118 valence electrons. The molecule has 0 bridgehead atoms. The molecule has 3 aromatic rings. The fourth-order valence-electron chi connectivity index (χ4n) is 2.46. The first kappa shape index (κ1) is 16.0. The van der Waals surface area contributed by atoms with Crippen LogP contribution < -0.4 is 0 Å². The number of benzene rings is 1. The van der Waals surface area contributed by atoms with E-state index >= 15 is 0 Å². The van der Waals surface area contributed by atoms with Crippen molar-refractivity contribution in [2.24, 2.45) is 0 Å². The van der Waals surface area contributed by atoms with E-state index in [2.05, 4.69) is 4.98 Å². The maximum absolute atomic E-state index is 13.0. The van der Waals surface area contributed by atoms with E-state index in [1.54, 1.807) is 36.4 Å². The summed E-state index contributed by atoms with van der Waals surface area (Å²) in [6.07, 6.45) is -4.97. The number of rotatable bonds is 2. The number of thiophene rings is 1. The molecule has 0 aliphatic heterocycles. The summed E-state index contributed by atoms with van der Waals surface area (Å²) in [5.41, 5.74) is 0.353. The molecule has 0 radical (unpaired) electrons. The third-order valence-corrected chi connectivity index (χ3v) is 4.54. The predicted octanol–water partition coefficient (Wildman–Crippen LogP) is 5.67. The molecule has 2 nitrogen and oxygen atoms in total. The number of aryl methyl sites for hydroxylation is 1. The van der Waals surface area contributed by atoms with Crippen molar-refractivity contribution in [3.05, 3.63) is 52.0 Å². The second-order valence-corrected chi connectivity index (χ2v) is 6.57. The monoisotopic (exact) mass is 355 g/mol. The van der Waals surface area contributed by atoms with Crippen LogP contribution >= 0.6 is 22.9 Å². The average molecular weight is 356 g/mol. The van der Waals surface area contributed by atoms with Crippen molar-refractivity contribution in [2.45, 2.75) is 13.1 Å². The quantitative estimate of drug-likeness (QED) is 0.554. The van der Waals surface area contributed by atoms with Gasteiger partial charge in [0.15, 0.2) is 0 Å². The molecule has 0 aliphatic rings. The normalized spacial score (nSPS) is 11.9. The SMILES string of the molecule is Cc1nc2sc(Cl)cc2c(-c2ccccc2)c1C(=O)C(F)(F)F. The minimum Gasteiger partial charge on any atom is -0.284 e. The highest BCUT2D eigenvalue weighted by Crippen LogP contribution is 2.40. The van der Waals surface area contributed by atoms with Crippen LogP contribution in [-0.2, 0) is 0 Å². The first-order valence-corrected chi connectivity index (χ1v) is 7.75. The van der Waals surface area contributed by atoms with Crippen LogP contribution in [-0.4, -0.2) is 16.9 Å². The number of carbonyl (C=O) groups is 1. The zero-order chi connectivity index (χ0) is 16.8. The number of halogens is 4. The highest BCUT2D eigenvalue weighted by atomic mass is 35.5. The zero-order valence-corrected chi connectivity index (χ0v) is 13.3. The predicted molar refractivity (Wildman–Crippen MR) is 85.2 cm³/mol. The largest absolute Gasteiger partial charge is 0.454 e. The Balaban J connectivity index is 2.43. The third-order valence-electron chi connectivity index (χ3n) is 3.38. The minimum absolute atomic E-state index is 0.0391. The van der Waals surface area contributed by atoms with Crippen LogP contribution in [0.2, 0.25) is 4.34 Å². The lowest BCUT2D eigenvalue weighted by molar-refractivity contribution is -0.0885. The van der Waals surface area contributed by atoms with Crippen molar-refractivity contribution in [3.8, 4) is 11.1 Å². The van der Waals surface area contributed by atoms with Gasteiger partial charge >= 0.3 is 6.18 Å². The smallest absolute Gasteiger partial charge is 0.284 e. The number of ketones is 1. The molecular weight excluding hydrogens is 347 g/mol. The van der Waals surface area contributed by atoms with Gasteiger partial charge in [-0.1, -0.05) is 41.9 Å². The van der Waals surface area contributed by atoms with Gasteiger partial charge in [-0.05, 0) is 18.6 Å². The number of pyridine rings is 1. The van der Waals surface area contributed by atoms with Gasteiger partial charge in [0.1, 0.15) is 4.83 Å². The van der Waals surface area contributed by atoms with E-state index < -0.39 is 17.5 Å². The van der Waals surface area contributed by atoms with Crippen LogP contribution in [0, 0.1) is 6.92 Å². The molecule has 0 atom stereocenters. The first-order chi connectivity index (χ1) is 10.8. The van der Waals surface area contributed by atoms with Crippen molar-refractivity contribution in [3.63, 3.8) is 0 Å². The number of hydrogen-bond acceptors (Lipinski definition) is 3. The molecule has 23 heavy (non-hydrogen) atoms. The van der Waals surface area contributed by atoms with E-state index in [0.717, 1.165) is 11.3 Å². The molecule has 2 aromatic heterocycles. The van der Waals surface area contributed by atoms with Gasteiger partial charge in [0, 0.05) is 10.9 Å². The number of Topliss-reactive ketones (excluding diaryl/α,β-unsaturated/α-hetero) is 1. The molecule has 0 aliphatic carbocycles. The number of hydrogen-bond donors (Lipinski definition) is 0. The average Bonchev–Trinajstić information content (AvgIpc) is 2.84. The van der Waals surface area contributed by atoms with Gasteiger partial charge in [0.05, 0.1) is 15.6 Å². The molecule has 0 unspecified atom stereocenters. The van der Waals surface area contributed by atoms with Gasteiger partial charge in [0.25, 0.3) is 5.78 Å². The van der Waals surface area contributed by atoms with Crippen LogP contribution in [0.1, 0.15) is 16.1 Å². The van der Waals surface area contributed by atoms with E-state index in [4.69, 9.17) is 11.6 Å². The van der Waals surface area contributed by atoms with E-state index in [0.29, 0.717) is 20.1 Å². The molecule has 0 saturated carbocycles. The van der Waals surface area contributed by atoms with Gasteiger partial charge in [-0.25, -0.2) is 4.98 Å². The molecule has 0 saturated heterocycles. The Morgan fingerprint density at radius 3 is 2.48 bits per heavy atom. The maximum atomic E-state index is 13.0. The molecule has 2 heterocycles. The minimum atomic E-state index is -4.97. The van der Waals surface area contributed by atoms with E-state index in [-0.39, 0.29) is 11.3 Å². The summed E-state index contributed by atoms with van der Waals surface area (Å²) in [7, 11) is 0. The van der Waals surface area contributed by atoms with Gasteiger partial charge in [-0.2, -0.15) is 13.2 Å². The number of aromatic nitrogens is 1. The fraction of sp³-hybridized carbons (Fsp3) is 0.125. The second kappa shape index (κ2) is 5.62. The molecule has 1 aromatic carbocycles. The van der Waals surface area contributed by atoms with E-state index in [9.17, 15) is 18.0 Å². The van der Waals surface area contributed by atoms with Gasteiger partial charge in [-0.3, -0.25) is 4.79 Å². The third kappa shape index (κ3) is 2.84. The van der Waals surface area contributed by atoms with E-state index in [1.165, 1.54) is 6.92 Å². The molecule has 0 N–H and O–H groups in total. The highest BCUT2D eigenvalue weighted by Gasteiger charge is 2.42. The molecule has 7 heteroatoms. The summed E-state index contributed by atoms with van der Waals surface area (Å²) >= 11 is 7.15. The van der Waals surface area contributed by atoms with Crippen molar-refractivity contribution in [2.75, 3.05) is 0 Å². The van der Waals surface area contributed by atoms with Gasteiger partial charge < -0.3 is 0 Å². The lowest BCUT2D eigenvalue weighted by Crippen LogP contribution is -2.24. The van der Waals surface area contributed by atoms with Crippen molar-refractivity contribution in [1.29, 1.82) is 0 Å². The summed E-state index contributed by atoms with van der Waals surface area (Å²) in [5, 5.41) is 0.449. The Morgan fingerprint density at radius 1 is 1.22 bits per heavy atom. The van der Waals surface area contributed by atoms with Crippen molar-refractivity contribution >= 4 is 38.9 Å². The van der Waals surface area contributed by atoms with Crippen LogP contribution in [0.4, 0.5) is 13.2 Å². The van der Waals surface area contributed by atoms with Crippen molar-refractivity contribution in [1.82, 2.24) is 4.98 Å². The first-order valence-electron chi connectivity index (χ1n) is 6.55. The van der Waals surface area contributed by atoms with Crippen LogP contribution in [0.15, 0.2) is 36.4 Å². The Morgan fingerprint density at radius 2 is 1.87 bits per heavy atom. The number of alkyl halides is 3. The molecule has 0 amide bonds. The van der Waals surface area contributed by atoms with Crippen LogP contribution in [0.25, 0.3) is 21.3 Å². The van der Waals surface area contributed by atoms with Crippen molar-refractivity contribution < 1.29 is 18.0 Å². The summed E-state index contributed by atoms with van der Waals surface area (Å²) in [5.74, 6) is -1.90. The molecule has 3 rings (SSSR count). The molecule has 0 fully saturated rings. The summed E-state index contributed by atoms with van der Waals surface area (Å²) in [4.78, 5) is 16.6. The Kier molecular flexibility index (Phi) is 3.90. The lowest BCUT2D eigenvalue weighted by atomic mass is 9.93. The topological polar surface area (TPSA) is 30.0 Å². The number of nitrogens with zero attached hydrogens (tertiary/aromatic N) is 1. The summed E-state index contributed by atoms with van der Waals surface area (Å²) in [6.45, 7) is 1.40. The van der Waals surface area contributed by atoms with Crippen LogP contribution in [0.3, 0.4) is 0 Å². The highest BCUT2D eigenvalue weighted by molar-refractivity contribution is 7.22. The Bertz CT molecular complexity index is 903. The second-order valence-electron chi connectivity index (χ2n) is 4.91. The van der Waals surface area contributed by atoms with Crippen LogP contribution in [0.5, 0.6) is 0 Å². The lowest BCUT2D eigenvalue weighted by Gasteiger charge is -2.14. The molecule has 0 spiro atoms. The maximum Gasteiger partial charge on any atom is 0.454 e. The standard InChI is InChI=1S/C16H9ClF3NOS/c1-8-12(14(22)16(18,19)20)13(9-5-3-2-4-6-9)10-7-11(17)23-15(10)21-8/h2-7H,1H3. The Labute approximate surface area is 138 Å². The number of fused-ring (bicyclic) bond motifs is 1. The zero-order valence-electron chi connectivity index (χ0n) is 11.7. The van der Waals surface area contributed by atoms with E-state index in [1.807, 2.05) is 0 Å². The summed E-state index contributed by atoms with van der Waals surface area (Å²) < 4.78 is 39.4. The number of carbonyl (C=O) groups excluding carboxylic acids is 1. The fourth-order valence-corrected chi connectivity index (χ4v) is 3.61. The van der Waals surface area contributed by atoms with Gasteiger partial charge in [-0.15, -0.1) is 11.3 Å². The molecular formula is C16H9ClF3NOS. The Hall–Kier alpha value is -1.92. The summed E-state index contributed by atoms with van der Waals surface area (Å²) in [6, 6.07) is 10.0.